The molecule has 1 atom stereocenters. The second-order valence-corrected chi connectivity index (χ2v) is 4.18. The zero-order valence-corrected chi connectivity index (χ0v) is 8.55. The Kier molecular flexibility index (Phi) is 2.61. The second kappa shape index (κ2) is 3.75. The molecule has 2 N–H and O–H groups in total. The van der Waals surface area contributed by atoms with E-state index in [9.17, 15) is 5.11 Å². The van der Waals surface area contributed by atoms with Gasteiger partial charge < -0.3 is 14.8 Å². The maximum absolute atomic E-state index is 10.3. The van der Waals surface area contributed by atoms with Gasteiger partial charge in [-0.15, -0.1) is 0 Å². The van der Waals surface area contributed by atoms with Gasteiger partial charge >= 0.3 is 0 Å². The van der Waals surface area contributed by atoms with Gasteiger partial charge in [0, 0.05) is 13.0 Å². The average Bonchev–Trinajstić information content (AvgIpc) is 2.52. The molecule has 2 rings (SSSR count). The van der Waals surface area contributed by atoms with Crippen LogP contribution < -0.4 is 5.32 Å². The van der Waals surface area contributed by atoms with Gasteiger partial charge in [0.15, 0.2) is 0 Å². The number of hydrogen-bond acceptors (Lipinski definition) is 3. The number of hydrogen-bond donors (Lipinski definition) is 2. The van der Waals surface area contributed by atoms with Crippen molar-refractivity contribution in [3.8, 4) is 0 Å². The molecule has 14 heavy (non-hydrogen) atoms. The van der Waals surface area contributed by atoms with Crippen molar-refractivity contribution in [3.05, 3.63) is 23.7 Å². The summed E-state index contributed by atoms with van der Waals surface area (Å²) >= 11 is 0. The summed E-state index contributed by atoms with van der Waals surface area (Å²) in [6.07, 6.45) is 4.31. The number of nitrogens with one attached hydrogen (secondary N) is 1. The van der Waals surface area contributed by atoms with Crippen LogP contribution >= 0.6 is 0 Å². The highest BCUT2D eigenvalue weighted by Gasteiger charge is 2.30. The zero-order chi connectivity index (χ0) is 10.0. The second-order valence-electron chi connectivity index (χ2n) is 4.18. The molecule has 1 aromatic rings. The Morgan fingerprint density at radius 1 is 1.64 bits per heavy atom. The third kappa shape index (κ3) is 1.99. The Morgan fingerprint density at radius 2 is 2.50 bits per heavy atom. The molecule has 1 aliphatic heterocycles. The van der Waals surface area contributed by atoms with Crippen molar-refractivity contribution in [3.63, 3.8) is 0 Å². The van der Waals surface area contributed by atoms with E-state index in [4.69, 9.17) is 4.42 Å². The van der Waals surface area contributed by atoms with Crippen LogP contribution in [0.25, 0.3) is 0 Å². The minimum atomic E-state index is -0.577. The first-order valence-corrected chi connectivity index (χ1v) is 5.16. The largest absolute Gasteiger partial charge is 0.469 e. The van der Waals surface area contributed by atoms with Gasteiger partial charge in [0.25, 0.3) is 0 Å². The Balaban J connectivity index is 2.05. The minimum absolute atomic E-state index is 0.577. The van der Waals surface area contributed by atoms with Crippen molar-refractivity contribution in [1.29, 1.82) is 0 Å². The van der Waals surface area contributed by atoms with Crippen LogP contribution in [0.15, 0.2) is 16.7 Å². The Morgan fingerprint density at radius 3 is 3.07 bits per heavy atom. The molecule has 78 valence electrons. The maximum atomic E-state index is 10.3. The summed E-state index contributed by atoms with van der Waals surface area (Å²) in [5.74, 6) is 0.920. The first kappa shape index (κ1) is 9.74. The Labute approximate surface area is 84.1 Å². The minimum Gasteiger partial charge on any atom is -0.469 e. The molecule has 1 aromatic heterocycles. The summed E-state index contributed by atoms with van der Waals surface area (Å²) in [6.45, 7) is 3.65. The third-order valence-corrected chi connectivity index (χ3v) is 2.94. The molecule has 3 heteroatoms. The molecule has 0 aromatic carbocycles. The molecule has 1 unspecified atom stereocenters. The molecule has 0 saturated carbocycles. The van der Waals surface area contributed by atoms with Crippen molar-refractivity contribution >= 4 is 0 Å². The maximum Gasteiger partial charge on any atom is 0.103 e. The summed E-state index contributed by atoms with van der Waals surface area (Å²) in [7, 11) is 0. The summed E-state index contributed by atoms with van der Waals surface area (Å²) in [5.41, 5.74) is 0.545. The fourth-order valence-electron chi connectivity index (χ4n) is 2.05. The molecular weight excluding hydrogens is 178 g/mol. The molecular formula is C11H17NO2. The number of aliphatic hydroxyl groups is 1. The van der Waals surface area contributed by atoms with Crippen LogP contribution in [-0.4, -0.2) is 23.8 Å². The third-order valence-electron chi connectivity index (χ3n) is 2.94. The van der Waals surface area contributed by atoms with Crippen LogP contribution in [0, 0.1) is 6.92 Å². The lowest BCUT2D eigenvalue weighted by Gasteiger charge is -2.32. The van der Waals surface area contributed by atoms with E-state index >= 15 is 0 Å². The fraction of sp³-hybridized carbons (Fsp3) is 0.636. The zero-order valence-electron chi connectivity index (χ0n) is 8.55. The summed E-state index contributed by atoms with van der Waals surface area (Å²) in [4.78, 5) is 0. The standard InChI is InChI=1S/C11H17NO2/c1-9-10(3-6-14-9)7-11(13)4-2-5-12-8-11/h3,6,12-13H,2,4-5,7-8H2,1H3. The van der Waals surface area contributed by atoms with Crippen LogP contribution in [0.5, 0.6) is 0 Å². The SMILES string of the molecule is Cc1occc1CC1(O)CCCNC1. The molecule has 0 bridgehead atoms. The molecule has 0 radical (unpaired) electrons. The number of furan rings is 1. The molecule has 1 fully saturated rings. The highest BCUT2D eigenvalue weighted by molar-refractivity contribution is 5.18. The predicted octanol–water partition coefficient (Wildman–Crippen LogP) is 1.25. The summed E-state index contributed by atoms with van der Waals surface area (Å²) < 4.78 is 5.22. The van der Waals surface area contributed by atoms with E-state index in [1.807, 2.05) is 13.0 Å². The lowest BCUT2D eigenvalue weighted by atomic mass is 9.88. The van der Waals surface area contributed by atoms with Gasteiger partial charge in [-0.3, -0.25) is 0 Å². The topological polar surface area (TPSA) is 45.4 Å². The normalized spacial score (nSPS) is 27.9. The van der Waals surface area contributed by atoms with Crippen LogP contribution in [0.4, 0.5) is 0 Å². The molecule has 0 aliphatic carbocycles. The Hall–Kier alpha value is -0.800. The van der Waals surface area contributed by atoms with E-state index in [-0.39, 0.29) is 0 Å². The van der Waals surface area contributed by atoms with E-state index in [1.54, 1.807) is 6.26 Å². The summed E-state index contributed by atoms with van der Waals surface area (Å²) in [5, 5.41) is 13.5. The van der Waals surface area contributed by atoms with Crippen molar-refractivity contribution in [1.82, 2.24) is 5.32 Å². The monoisotopic (exact) mass is 195 g/mol. The van der Waals surface area contributed by atoms with E-state index in [2.05, 4.69) is 5.32 Å². The smallest absolute Gasteiger partial charge is 0.103 e. The summed E-state index contributed by atoms with van der Waals surface area (Å²) in [6, 6.07) is 1.95. The number of β-amino-alcohol motifs (C(OH)–C–C–N with tert-alkyl or cyclic N) is 1. The van der Waals surface area contributed by atoms with Gasteiger partial charge in [-0.05, 0) is 37.9 Å². The van der Waals surface area contributed by atoms with E-state index in [1.165, 1.54) is 0 Å². The van der Waals surface area contributed by atoms with Crippen molar-refractivity contribution < 1.29 is 9.52 Å². The van der Waals surface area contributed by atoms with Crippen LogP contribution in [0.1, 0.15) is 24.2 Å². The van der Waals surface area contributed by atoms with Gasteiger partial charge in [0.2, 0.25) is 0 Å². The first-order valence-electron chi connectivity index (χ1n) is 5.16. The lowest BCUT2D eigenvalue weighted by Crippen LogP contribution is -2.47. The van der Waals surface area contributed by atoms with Crippen LogP contribution in [-0.2, 0) is 6.42 Å². The van der Waals surface area contributed by atoms with Gasteiger partial charge in [-0.25, -0.2) is 0 Å². The highest BCUT2D eigenvalue weighted by atomic mass is 16.3. The predicted molar refractivity (Wildman–Crippen MR) is 54.2 cm³/mol. The van der Waals surface area contributed by atoms with Gasteiger partial charge in [-0.2, -0.15) is 0 Å². The number of piperidine rings is 1. The molecule has 1 saturated heterocycles. The first-order chi connectivity index (χ1) is 6.70. The van der Waals surface area contributed by atoms with E-state index in [0.29, 0.717) is 13.0 Å². The molecule has 2 heterocycles. The fourth-order valence-corrected chi connectivity index (χ4v) is 2.05. The Bertz CT molecular complexity index is 300. The molecule has 1 aliphatic rings. The van der Waals surface area contributed by atoms with Gasteiger partial charge in [-0.1, -0.05) is 0 Å². The van der Waals surface area contributed by atoms with Crippen molar-refractivity contribution in [2.45, 2.75) is 31.8 Å². The van der Waals surface area contributed by atoms with Crippen molar-refractivity contribution in [2.75, 3.05) is 13.1 Å². The van der Waals surface area contributed by atoms with Crippen LogP contribution in [0.3, 0.4) is 0 Å². The van der Waals surface area contributed by atoms with Gasteiger partial charge in [0.05, 0.1) is 11.9 Å². The number of rotatable bonds is 2. The molecule has 0 amide bonds. The number of aryl methyl sites for hydroxylation is 1. The average molecular weight is 195 g/mol. The van der Waals surface area contributed by atoms with E-state index in [0.717, 1.165) is 30.7 Å². The van der Waals surface area contributed by atoms with Crippen LogP contribution in [0.2, 0.25) is 0 Å². The molecule has 0 spiro atoms. The van der Waals surface area contributed by atoms with Gasteiger partial charge in [0.1, 0.15) is 5.76 Å². The lowest BCUT2D eigenvalue weighted by molar-refractivity contribution is 0.0166. The quantitative estimate of drug-likeness (QED) is 0.746. The van der Waals surface area contributed by atoms with Crippen molar-refractivity contribution in [2.24, 2.45) is 0 Å². The van der Waals surface area contributed by atoms with E-state index < -0.39 is 5.60 Å². The molecule has 3 nitrogen and oxygen atoms in total. The highest BCUT2D eigenvalue weighted by Crippen LogP contribution is 2.23.